The summed E-state index contributed by atoms with van der Waals surface area (Å²) in [6.07, 6.45) is 1.74. The van der Waals surface area contributed by atoms with Gasteiger partial charge < -0.3 is 9.64 Å². The van der Waals surface area contributed by atoms with Crippen LogP contribution in [0.15, 0.2) is 42.5 Å². The molecule has 0 bridgehead atoms. The molecule has 0 N–H and O–H groups in total. The second kappa shape index (κ2) is 8.62. The van der Waals surface area contributed by atoms with E-state index < -0.39 is 5.41 Å². The largest absolute Gasteiger partial charge is 0.483 e. The van der Waals surface area contributed by atoms with Crippen LogP contribution < -0.4 is 4.74 Å². The van der Waals surface area contributed by atoms with Gasteiger partial charge in [0.05, 0.1) is 11.5 Å². The van der Waals surface area contributed by atoms with E-state index in [0.717, 1.165) is 11.1 Å². The van der Waals surface area contributed by atoms with E-state index in [4.69, 9.17) is 16.3 Å². The Labute approximate surface area is 169 Å². The number of benzene rings is 2. The minimum atomic E-state index is -0.526. The van der Waals surface area contributed by atoms with Gasteiger partial charge in [0.2, 0.25) is 0 Å². The van der Waals surface area contributed by atoms with Crippen molar-refractivity contribution in [2.75, 3.05) is 19.7 Å². The van der Waals surface area contributed by atoms with Crippen molar-refractivity contribution in [1.29, 1.82) is 5.26 Å². The number of likely N-dealkylation sites (tertiary alicyclic amines) is 1. The van der Waals surface area contributed by atoms with Crippen LogP contribution in [-0.4, -0.2) is 30.5 Å². The van der Waals surface area contributed by atoms with E-state index in [9.17, 15) is 14.4 Å². The molecule has 1 aliphatic heterocycles. The first-order valence-corrected chi connectivity index (χ1v) is 9.61. The molecule has 2 aromatic carbocycles. The fourth-order valence-corrected chi connectivity index (χ4v) is 3.74. The fraction of sp³-hybridized carbons (Fsp3) is 0.364. The van der Waals surface area contributed by atoms with Crippen LogP contribution in [0.1, 0.15) is 24.0 Å². The van der Waals surface area contributed by atoms with Gasteiger partial charge in [0.25, 0.3) is 5.91 Å². The average molecular weight is 401 g/mol. The van der Waals surface area contributed by atoms with E-state index in [1.807, 2.05) is 6.92 Å². The minimum absolute atomic E-state index is 0.0417. The van der Waals surface area contributed by atoms with E-state index in [0.29, 0.717) is 43.1 Å². The maximum Gasteiger partial charge on any atom is 0.260 e. The lowest BCUT2D eigenvalue weighted by Crippen LogP contribution is -2.45. The van der Waals surface area contributed by atoms with Crippen molar-refractivity contribution in [3.8, 4) is 11.8 Å². The maximum absolute atomic E-state index is 13.1. The van der Waals surface area contributed by atoms with Crippen molar-refractivity contribution >= 4 is 17.5 Å². The molecule has 0 saturated carbocycles. The van der Waals surface area contributed by atoms with Gasteiger partial charge in [0, 0.05) is 18.1 Å². The molecule has 1 aliphatic rings. The Morgan fingerprint density at radius 1 is 1.25 bits per heavy atom. The summed E-state index contributed by atoms with van der Waals surface area (Å²) in [4.78, 5) is 14.2. The number of halogens is 2. The molecule has 3 rings (SSSR count). The normalized spacial score (nSPS) is 15.7. The molecule has 4 nitrogen and oxygen atoms in total. The number of carbonyl (C=O) groups excluding carboxylic acids is 1. The van der Waals surface area contributed by atoms with Gasteiger partial charge in [0.15, 0.2) is 6.61 Å². The third-order valence-electron chi connectivity index (χ3n) is 5.25. The molecule has 1 heterocycles. The van der Waals surface area contributed by atoms with Crippen LogP contribution in [0.5, 0.6) is 5.75 Å². The Hall–Kier alpha value is -2.58. The van der Waals surface area contributed by atoms with Gasteiger partial charge >= 0.3 is 0 Å². The van der Waals surface area contributed by atoms with Crippen LogP contribution in [0.4, 0.5) is 4.39 Å². The zero-order valence-corrected chi connectivity index (χ0v) is 16.5. The number of carbonyl (C=O) groups is 1. The fourth-order valence-electron chi connectivity index (χ4n) is 3.51. The number of piperidine rings is 1. The Morgan fingerprint density at radius 3 is 2.54 bits per heavy atom. The summed E-state index contributed by atoms with van der Waals surface area (Å²) in [5.41, 5.74) is 1.29. The monoisotopic (exact) mass is 400 g/mol. The summed E-state index contributed by atoms with van der Waals surface area (Å²) in [6.45, 7) is 2.86. The van der Waals surface area contributed by atoms with E-state index in [2.05, 4.69) is 6.07 Å². The second-order valence-corrected chi connectivity index (χ2v) is 7.71. The highest BCUT2D eigenvalue weighted by molar-refractivity contribution is 6.30. The molecule has 1 amide bonds. The topological polar surface area (TPSA) is 53.3 Å². The predicted molar refractivity (Wildman–Crippen MR) is 106 cm³/mol. The van der Waals surface area contributed by atoms with Gasteiger partial charge in [-0.05, 0) is 67.6 Å². The number of nitriles is 1. The number of rotatable bonds is 5. The van der Waals surface area contributed by atoms with Gasteiger partial charge in [-0.25, -0.2) is 4.39 Å². The summed E-state index contributed by atoms with van der Waals surface area (Å²) >= 11 is 5.93. The lowest BCUT2D eigenvalue weighted by Gasteiger charge is -2.37. The van der Waals surface area contributed by atoms with Crippen molar-refractivity contribution in [3.63, 3.8) is 0 Å². The molecule has 0 atom stereocenters. The Balaban J connectivity index is 1.55. The van der Waals surface area contributed by atoms with Gasteiger partial charge in [-0.3, -0.25) is 4.79 Å². The Bertz CT molecular complexity index is 884. The highest BCUT2D eigenvalue weighted by Crippen LogP contribution is 2.34. The van der Waals surface area contributed by atoms with Crippen LogP contribution in [0.25, 0.3) is 0 Å². The smallest absolute Gasteiger partial charge is 0.260 e. The summed E-state index contributed by atoms with van der Waals surface area (Å²) in [5.74, 6) is 0.256. The van der Waals surface area contributed by atoms with E-state index >= 15 is 0 Å². The lowest BCUT2D eigenvalue weighted by atomic mass is 9.75. The molecule has 0 unspecified atom stereocenters. The first-order chi connectivity index (χ1) is 13.4. The molecule has 0 spiro atoms. The Morgan fingerprint density at radius 2 is 1.93 bits per heavy atom. The second-order valence-electron chi connectivity index (χ2n) is 7.27. The molecule has 1 saturated heterocycles. The summed E-state index contributed by atoms with van der Waals surface area (Å²) < 4.78 is 18.7. The van der Waals surface area contributed by atoms with Crippen molar-refractivity contribution in [3.05, 3.63) is 64.4 Å². The van der Waals surface area contributed by atoms with Gasteiger partial charge in [-0.15, -0.1) is 0 Å². The molecule has 146 valence electrons. The molecule has 1 fully saturated rings. The van der Waals surface area contributed by atoms with Crippen molar-refractivity contribution < 1.29 is 13.9 Å². The van der Waals surface area contributed by atoms with Crippen molar-refractivity contribution in [2.24, 2.45) is 5.41 Å². The maximum atomic E-state index is 13.1. The first-order valence-electron chi connectivity index (χ1n) is 9.23. The number of aryl methyl sites for hydroxylation is 1. The molecule has 0 aliphatic carbocycles. The zero-order valence-electron chi connectivity index (χ0n) is 15.8. The van der Waals surface area contributed by atoms with E-state index in [1.165, 1.54) is 12.1 Å². The van der Waals surface area contributed by atoms with Gasteiger partial charge in [-0.1, -0.05) is 23.7 Å². The highest BCUT2D eigenvalue weighted by atomic mass is 35.5. The van der Waals surface area contributed by atoms with Crippen LogP contribution >= 0.6 is 11.6 Å². The molecule has 6 heteroatoms. The molecule has 2 aromatic rings. The molecule has 0 aromatic heterocycles. The predicted octanol–water partition coefficient (Wildman–Crippen LogP) is 4.54. The number of nitrogens with zero attached hydrogens (tertiary/aromatic N) is 2. The van der Waals surface area contributed by atoms with Crippen molar-refractivity contribution in [1.82, 2.24) is 4.90 Å². The van der Waals surface area contributed by atoms with E-state index in [-0.39, 0.29) is 18.3 Å². The van der Waals surface area contributed by atoms with E-state index in [1.54, 1.807) is 35.2 Å². The third kappa shape index (κ3) is 4.82. The van der Waals surface area contributed by atoms with Crippen LogP contribution in [-0.2, 0) is 11.2 Å². The number of ether oxygens (including phenoxy) is 1. The van der Waals surface area contributed by atoms with Crippen LogP contribution in [0.3, 0.4) is 0 Å². The van der Waals surface area contributed by atoms with Gasteiger partial charge in [0.1, 0.15) is 11.6 Å². The molecular weight excluding hydrogens is 379 g/mol. The molecule has 28 heavy (non-hydrogen) atoms. The van der Waals surface area contributed by atoms with Crippen LogP contribution in [0, 0.1) is 29.5 Å². The summed E-state index contributed by atoms with van der Waals surface area (Å²) in [6, 6.07) is 14.0. The quantitative estimate of drug-likeness (QED) is 0.740. The lowest BCUT2D eigenvalue weighted by molar-refractivity contribution is -0.135. The molecule has 0 radical (unpaired) electrons. The SMILES string of the molecule is Cc1cc(Cl)ccc1OCC(=O)N1CCC(C#N)(Cc2ccc(F)cc2)CC1. The molecular formula is C22H22ClFN2O2. The number of amides is 1. The average Bonchev–Trinajstić information content (AvgIpc) is 2.69. The van der Waals surface area contributed by atoms with Gasteiger partial charge in [-0.2, -0.15) is 5.26 Å². The highest BCUT2D eigenvalue weighted by Gasteiger charge is 2.36. The Kier molecular flexibility index (Phi) is 6.21. The summed E-state index contributed by atoms with van der Waals surface area (Å²) in [5, 5.41) is 10.4. The third-order valence-corrected chi connectivity index (χ3v) is 5.49. The first kappa shape index (κ1) is 20.2. The minimum Gasteiger partial charge on any atom is -0.483 e. The number of hydrogen-bond donors (Lipinski definition) is 0. The zero-order chi connectivity index (χ0) is 20.1. The summed E-state index contributed by atoms with van der Waals surface area (Å²) in [7, 11) is 0. The van der Waals surface area contributed by atoms with Crippen LogP contribution in [0.2, 0.25) is 5.02 Å². The van der Waals surface area contributed by atoms with Crippen molar-refractivity contribution in [2.45, 2.75) is 26.2 Å². The standard InChI is InChI=1S/C22H22ClFN2O2/c1-16-12-18(23)4-7-20(16)28-14-21(27)26-10-8-22(15-25,9-11-26)13-17-2-5-19(24)6-3-17/h2-7,12H,8-11,13-14H2,1H3. The number of hydrogen-bond acceptors (Lipinski definition) is 3.